The first-order valence-corrected chi connectivity index (χ1v) is 6.32. The maximum atomic E-state index is 10.6. The van der Waals surface area contributed by atoms with E-state index in [-0.39, 0.29) is 0 Å². The Morgan fingerprint density at radius 1 is 0.889 bits per heavy atom. The second-order valence-electron chi connectivity index (χ2n) is 4.62. The number of rotatable bonds is 4. The molecule has 0 N–H and O–H groups in total. The van der Waals surface area contributed by atoms with Crippen LogP contribution in [0.15, 0.2) is 42.5 Å². The maximum absolute atomic E-state index is 10.6. The summed E-state index contributed by atoms with van der Waals surface area (Å²) in [4.78, 5) is 10.6. The molecule has 0 saturated carbocycles. The van der Waals surface area contributed by atoms with Crippen LogP contribution in [0.5, 0.6) is 0 Å². The number of carbonyl (C=O) groups is 1. The van der Waals surface area contributed by atoms with Crippen molar-refractivity contribution >= 4 is 6.29 Å². The molecule has 0 atom stereocenters. The fraction of sp³-hybridized carbons (Fsp3) is 0.235. The molecule has 2 aromatic carbocycles. The van der Waals surface area contributed by atoms with E-state index in [2.05, 4.69) is 56.3 Å². The molecule has 18 heavy (non-hydrogen) atoms. The van der Waals surface area contributed by atoms with Crippen LogP contribution in [0.4, 0.5) is 0 Å². The zero-order valence-corrected chi connectivity index (χ0v) is 10.9. The summed E-state index contributed by atoms with van der Waals surface area (Å²) in [6, 6.07) is 14.7. The minimum atomic E-state index is 0.587. The second kappa shape index (κ2) is 5.63. The van der Waals surface area contributed by atoms with E-state index in [1.54, 1.807) is 0 Å². The monoisotopic (exact) mass is 238 g/mol. The molecule has 2 aromatic rings. The Hall–Kier alpha value is -1.89. The number of hydrogen-bond donors (Lipinski definition) is 0. The molecule has 0 aliphatic rings. The van der Waals surface area contributed by atoms with Crippen molar-refractivity contribution in [2.75, 3.05) is 0 Å². The van der Waals surface area contributed by atoms with Gasteiger partial charge in [-0.05, 0) is 48.1 Å². The average Bonchev–Trinajstić information content (AvgIpc) is 2.38. The summed E-state index contributed by atoms with van der Waals surface area (Å²) in [6.45, 7) is 4.24. The Labute approximate surface area is 108 Å². The highest BCUT2D eigenvalue weighted by molar-refractivity contribution is 5.72. The van der Waals surface area contributed by atoms with Gasteiger partial charge in [0.15, 0.2) is 0 Å². The maximum Gasteiger partial charge on any atom is 0.120 e. The van der Waals surface area contributed by atoms with Crippen LogP contribution in [0.3, 0.4) is 0 Å². The van der Waals surface area contributed by atoms with Crippen molar-refractivity contribution in [1.29, 1.82) is 0 Å². The summed E-state index contributed by atoms with van der Waals surface area (Å²) in [5, 5.41) is 0. The molecule has 0 heterocycles. The van der Waals surface area contributed by atoms with Gasteiger partial charge in [0.25, 0.3) is 0 Å². The summed E-state index contributed by atoms with van der Waals surface area (Å²) in [5.41, 5.74) is 6.35. The van der Waals surface area contributed by atoms with Gasteiger partial charge in [-0.2, -0.15) is 0 Å². The Morgan fingerprint density at radius 2 is 1.56 bits per heavy atom. The molecule has 92 valence electrons. The normalized spacial score (nSPS) is 10.3. The molecule has 0 bridgehead atoms. The molecule has 1 nitrogen and oxygen atoms in total. The number of benzene rings is 2. The molecule has 0 aliphatic carbocycles. The quantitative estimate of drug-likeness (QED) is 0.733. The Bertz CT molecular complexity index is 555. The molecule has 2 rings (SSSR count). The lowest BCUT2D eigenvalue weighted by atomic mass is 9.91. The highest BCUT2D eigenvalue weighted by Crippen LogP contribution is 2.29. The molecular formula is C17H18O. The van der Waals surface area contributed by atoms with E-state index in [9.17, 15) is 4.79 Å². The lowest BCUT2D eigenvalue weighted by molar-refractivity contribution is -0.107. The van der Waals surface area contributed by atoms with E-state index in [0.29, 0.717) is 6.42 Å². The minimum absolute atomic E-state index is 0.587. The van der Waals surface area contributed by atoms with Gasteiger partial charge in [-0.3, -0.25) is 0 Å². The van der Waals surface area contributed by atoms with E-state index in [1.165, 1.54) is 27.8 Å². The first-order chi connectivity index (χ1) is 8.74. The van der Waals surface area contributed by atoms with E-state index in [1.807, 2.05) is 0 Å². The van der Waals surface area contributed by atoms with Gasteiger partial charge in [-0.25, -0.2) is 0 Å². The Balaban J connectivity index is 2.53. The molecule has 0 fully saturated rings. The topological polar surface area (TPSA) is 17.1 Å². The van der Waals surface area contributed by atoms with Crippen LogP contribution < -0.4 is 0 Å². The van der Waals surface area contributed by atoms with Crippen LogP contribution in [0.25, 0.3) is 11.1 Å². The lowest BCUT2D eigenvalue weighted by Gasteiger charge is -2.13. The second-order valence-corrected chi connectivity index (χ2v) is 4.62. The predicted octanol–water partition coefficient (Wildman–Crippen LogP) is 4.10. The molecule has 1 heteroatoms. The summed E-state index contributed by atoms with van der Waals surface area (Å²) in [5.74, 6) is 0. The summed E-state index contributed by atoms with van der Waals surface area (Å²) < 4.78 is 0. The third-order valence-electron chi connectivity index (χ3n) is 3.36. The summed E-state index contributed by atoms with van der Waals surface area (Å²) in [6.07, 6.45) is 2.40. The van der Waals surface area contributed by atoms with Crippen LogP contribution in [-0.4, -0.2) is 6.29 Å². The third-order valence-corrected chi connectivity index (χ3v) is 3.36. The number of carbonyl (C=O) groups excluding carboxylic acids is 1. The number of aldehydes is 1. The van der Waals surface area contributed by atoms with Crippen LogP contribution >= 0.6 is 0 Å². The van der Waals surface area contributed by atoms with Crippen molar-refractivity contribution in [1.82, 2.24) is 0 Å². The van der Waals surface area contributed by atoms with Gasteiger partial charge in [0.2, 0.25) is 0 Å². The van der Waals surface area contributed by atoms with Crippen LogP contribution in [0.1, 0.15) is 23.1 Å². The zero-order chi connectivity index (χ0) is 13.0. The van der Waals surface area contributed by atoms with Gasteiger partial charge in [-0.15, -0.1) is 0 Å². The van der Waals surface area contributed by atoms with Gasteiger partial charge < -0.3 is 4.79 Å². The standard InChI is InChI=1S/C17H18O/c1-13-7-3-4-9-15(13)17-10-5-8-14(2)16(17)11-6-12-18/h3-5,7-10,12H,6,11H2,1-2H3. The zero-order valence-electron chi connectivity index (χ0n) is 10.9. The molecule has 0 saturated heterocycles. The van der Waals surface area contributed by atoms with Crippen molar-refractivity contribution in [2.24, 2.45) is 0 Å². The van der Waals surface area contributed by atoms with Gasteiger partial charge in [-0.1, -0.05) is 42.5 Å². The number of aryl methyl sites for hydroxylation is 2. The van der Waals surface area contributed by atoms with Crippen molar-refractivity contribution in [3.05, 3.63) is 59.2 Å². The van der Waals surface area contributed by atoms with Gasteiger partial charge >= 0.3 is 0 Å². The summed E-state index contributed by atoms with van der Waals surface area (Å²) >= 11 is 0. The average molecular weight is 238 g/mol. The van der Waals surface area contributed by atoms with Crippen molar-refractivity contribution in [3.63, 3.8) is 0 Å². The highest BCUT2D eigenvalue weighted by atomic mass is 16.1. The lowest BCUT2D eigenvalue weighted by Crippen LogP contribution is -1.96. The molecule has 0 aliphatic heterocycles. The first-order valence-electron chi connectivity index (χ1n) is 6.32. The van der Waals surface area contributed by atoms with E-state index >= 15 is 0 Å². The minimum Gasteiger partial charge on any atom is -0.303 e. The fourth-order valence-corrected chi connectivity index (χ4v) is 2.36. The first kappa shape index (κ1) is 12.6. The van der Waals surface area contributed by atoms with E-state index in [4.69, 9.17) is 0 Å². The third kappa shape index (κ3) is 2.51. The van der Waals surface area contributed by atoms with E-state index in [0.717, 1.165) is 12.7 Å². The molecule has 0 amide bonds. The van der Waals surface area contributed by atoms with Gasteiger partial charge in [0, 0.05) is 6.42 Å². The van der Waals surface area contributed by atoms with Crippen molar-refractivity contribution in [3.8, 4) is 11.1 Å². The molecular weight excluding hydrogens is 220 g/mol. The largest absolute Gasteiger partial charge is 0.303 e. The molecule has 0 unspecified atom stereocenters. The van der Waals surface area contributed by atoms with Crippen molar-refractivity contribution in [2.45, 2.75) is 26.7 Å². The van der Waals surface area contributed by atoms with Crippen LogP contribution in [0.2, 0.25) is 0 Å². The van der Waals surface area contributed by atoms with Crippen LogP contribution in [0, 0.1) is 13.8 Å². The van der Waals surface area contributed by atoms with E-state index < -0.39 is 0 Å². The van der Waals surface area contributed by atoms with Gasteiger partial charge in [0.1, 0.15) is 6.29 Å². The molecule has 0 radical (unpaired) electrons. The van der Waals surface area contributed by atoms with Crippen molar-refractivity contribution < 1.29 is 4.79 Å². The van der Waals surface area contributed by atoms with Crippen LogP contribution in [-0.2, 0) is 11.2 Å². The molecule has 0 aromatic heterocycles. The summed E-state index contributed by atoms with van der Waals surface area (Å²) in [7, 11) is 0. The highest BCUT2D eigenvalue weighted by Gasteiger charge is 2.08. The Morgan fingerprint density at radius 3 is 2.28 bits per heavy atom. The SMILES string of the molecule is Cc1ccccc1-c1cccc(C)c1CCC=O. The fourth-order valence-electron chi connectivity index (χ4n) is 2.36. The van der Waals surface area contributed by atoms with Gasteiger partial charge in [0.05, 0.1) is 0 Å². The smallest absolute Gasteiger partial charge is 0.120 e. The Kier molecular flexibility index (Phi) is 3.93. The molecule has 0 spiro atoms. The number of hydrogen-bond acceptors (Lipinski definition) is 1. The predicted molar refractivity (Wildman–Crippen MR) is 75.7 cm³/mol.